The maximum atomic E-state index is 10.8. The molecular formula is C17H24O3. The number of hydrogen-bond acceptors (Lipinski definition) is 3. The monoisotopic (exact) mass is 276 g/mol. The third-order valence-electron chi connectivity index (χ3n) is 3.81. The molecule has 0 spiro atoms. The minimum Gasteiger partial charge on any atom is -0.434 e. The zero-order chi connectivity index (χ0) is 14.2. The molecule has 0 amide bonds. The highest BCUT2D eigenvalue weighted by molar-refractivity contribution is 5.60. The average molecular weight is 276 g/mol. The fraction of sp³-hybridized carbons (Fsp3) is 0.588. The molecule has 110 valence electrons. The van der Waals surface area contributed by atoms with Gasteiger partial charge in [-0.25, -0.2) is 4.79 Å². The molecular weight excluding hydrogens is 252 g/mol. The maximum Gasteiger partial charge on any atom is 0.508 e. The van der Waals surface area contributed by atoms with E-state index < -0.39 is 6.16 Å². The van der Waals surface area contributed by atoms with Crippen LogP contribution in [0.4, 0.5) is 4.79 Å². The van der Waals surface area contributed by atoms with Crippen LogP contribution < -0.4 is 0 Å². The second-order valence-electron chi connectivity index (χ2n) is 5.55. The van der Waals surface area contributed by atoms with Crippen LogP contribution in [0.3, 0.4) is 0 Å². The Morgan fingerprint density at radius 3 is 2.20 bits per heavy atom. The molecule has 20 heavy (non-hydrogen) atoms. The van der Waals surface area contributed by atoms with Crippen molar-refractivity contribution in [3.63, 3.8) is 0 Å². The fourth-order valence-electron chi connectivity index (χ4n) is 2.45. The summed E-state index contributed by atoms with van der Waals surface area (Å²) in [7, 11) is 0. The Morgan fingerprint density at radius 2 is 1.60 bits per heavy atom. The smallest absolute Gasteiger partial charge is 0.434 e. The van der Waals surface area contributed by atoms with Gasteiger partial charge in [-0.15, -0.1) is 0 Å². The number of carbonyl (C=O) groups is 1. The van der Waals surface area contributed by atoms with Gasteiger partial charge in [0.1, 0.15) is 13.2 Å². The minimum atomic E-state index is -0.530. The number of aryl methyl sites for hydroxylation is 2. The number of cyclic esters (lactones) is 2. The van der Waals surface area contributed by atoms with E-state index in [0.29, 0.717) is 19.1 Å². The van der Waals surface area contributed by atoms with E-state index in [2.05, 4.69) is 31.2 Å². The lowest BCUT2D eigenvalue weighted by Gasteiger charge is -2.21. The number of unbranched alkanes of at least 4 members (excludes halogenated alkanes) is 2. The predicted molar refractivity (Wildman–Crippen MR) is 78.8 cm³/mol. The zero-order valence-electron chi connectivity index (χ0n) is 12.3. The first-order valence-electron chi connectivity index (χ1n) is 7.65. The van der Waals surface area contributed by atoms with Crippen LogP contribution in [0.5, 0.6) is 0 Å². The van der Waals surface area contributed by atoms with Crippen molar-refractivity contribution < 1.29 is 14.3 Å². The van der Waals surface area contributed by atoms with E-state index >= 15 is 0 Å². The van der Waals surface area contributed by atoms with Crippen molar-refractivity contribution in [3.05, 3.63) is 35.4 Å². The van der Waals surface area contributed by atoms with E-state index in [1.165, 1.54) is 36.8 Å². The number of hydrogen-bond donors (Lipinski definition) is 0. The largest absolute Gasteiger partial charge is 0.508 e. The van der Waals surface area contributed by atoms with Gasteiger partial charge in [0.15, 0.2) is 0 Å². The highest BCUT2D eigenvalue weighted by Crippen LogP contribution is 2.16. The van der Waals surface area contributed by atoms with Crippen molar-refractivity contribution in [2.24, 2.45) is 5.92 Å². The van der Waals surface area contributed by atoms with Crippen LogP contribution in [0.15, 0.2) is 24.3 Å². The first-order valence-corrected chi connectivity index (χ1v) is 7.65. The standard InChI is InChI=1S/C17H24O3/c1-2-3-4-5-14-6-8-15(9-7-14)10-11-16-12-19-17(18)20-13-16/h6-9,16H,2-5,10-13H2,1H3. The van der Waals surface area contributed by atoms with Crippen molar-refractivity contribution in [2.45, 2.75) is 45.4 Å². The highest BCUT2D eigenvalue weighted by Gasteiger charge is 2.20. The van der Waals surface area contributed by atoms with Crippen LogP contribution in [-0.4, -0.2) is 19.4 Å². The lowest BCUT2D eigenvalue weighted by molar-refractivity contribution is -0.0138. The van der Waals surface area contributed by atoms with Crippen molar-refractivity contribution in [2.75, 3.05) is 13.2 Å². The van der Waals surface area contributed by atoms with Crippen LogP contribution >= 0.6 is 0 Å². The molecule has 0 aliphatic carbocycles. The normalized spacial score (nSPS) is 15.8. The summed E-state index contributed by atoms with van der Waals surface area (Å²) < 4.78 is 9.78. The van der Waals surface area contributed by atoms with Crippen LogP contribution in [0.25, 0.3) is 0 Å². The molecule has 3 heteroatoms. The molecule has 0 aromatic heterocycles. The molecule has 1 aromatic carbocycles. The minimum absolute atomic E-state index is 0.330. The third kappa shape index (κ3) is 4.87. The van der Waals surface area contributed by atoms with E-state index in [1.54, 1.807) is 0 Å². The molecule has 0 atom stereocenters. The first kappa shape index (κ1) is 14.9. The maximum absolute atomic E-state index is 10.8. The van der Waals surface area contributed by atoms with Gasteiger partial charge in [-0.3, -0.25) is 0 Å². The zero-order valence-corrected chi connectivity index (χ0v) is 12.3. The van der Waals surface area contributed by atoms with E-state index in [0.717, 1.165) is 12.8 Å². The van der Waals surface area contributed by atoms with Crippen molar-refractivity contribution in [3.8, 4) is 0 Å². The Hall–Kier alpha value is -1.51. The molecule has 0 N–H and O–H groups in total. The van der Waals surface area contributed by atoms with Gasteiger partial charge in [-0.2, -0.15) is 0 Å². The van der Waals surface area contributed by atoms with Crippen molar-refractivity contribution in [1.82, 2.24) is 0 Å². The number of carbonyl (C=O) groups excluding carboxylic acids is 1. The summed E-state index contributed by atoms with van der Waals surface area (Å²) in [5, 5.41) is 0. The quantitative estimate of drug-likeness (QED) is 0.554. The molecule has 1 saturated heterocycles. The summed E-state index contributed by atoms with van der Waals surface area (Å²) >= 11 is 0. The van der Waals surface area contributed by atoms with Gasteiger partial charge in [0.25, 0.3) is 0 Å². The fourth-order valence-corrected chi connectivity index (χ4v) is 2.45. The lowest BCUT2D eigenvalue weighted by atomic mass is 9.98. The summed E-state index contributed by atoms with van der Waals surface area (Å²) in [5.74, 6) is 0.330. The summed E-state index contributed by atoms with van der Waals surface area (Å²) in [6.45, 7) is 3.22. The first-order chi connectivity index (χ1) is 9.78. The van der Waals surface area contributed by atoms with Gasteiger partial charge < -0.3 is 9.47 Å². The van der Waals surface area contributed by atoms with Crippen molar-refractivity contribution >= 4 is 6.16 Å². The lowest BCUT2D eigenvalue weighted by Crippen LogP contribution is -2.27. The van der Waals surface area contributed by atoms with Crippen LogP contribution in [-0.2, 0) is 22.3 Å². The molecule has 1 aliphatic heterocycles. The molecule has 1 aliphatic rings. The number of benzene rings is 1. The van der Waals surface area contributed by atoms with Gasteiger partial charge in [-0.1, -0.05) is 44.0 Å². The van der Waals surface area contributed by atoms with Crippen LogP contribution in [0.1, 0.15) is 43.7 Å². The second kappa shape index (κ2) is 7.93. The Bertz CT molecular complexity index is 401. The van der Waals surface area contributed by atoms with Gasteiger partial charge in [0, 0.05) is 5.92 Å². The highest BCUT2D eigenvalue weighted by atomic mass is 16.7. The molecule has 0 bridgehead atoms. The van der Waals surface area contributed by atoms with E-state index in [-0.39, 0.29) is 0 Å². The third-order valence-corrected chi connectivity index (χ3v) is 3.81. The van der Waals surface area contributed by atoms with E-state index in [4.69, 9.17) is 9.47 Å². The molecule has 1 heterocycles. The second-order valence-corrected chi connectivity index (χ2v) is 5.55. The van der Waals surface area contributed by atoms with E-state index in [1.807, 2.05) is 0 Å². The SMILES string of the molecule is CCCCCc1ccc(CCC2COC(=O)OC2)cc1. The Kier molecular flexibility index (Phi) is 5.90. The molecule has 1 fully saturated rings. The molecule has 0 unspecified atom stereocenters. The molecule has 3 nitrogen and oxygen atoms in total. The summed E-state index contributed by atoms with van der Waals surface area (Å²) in [6.07, 6.45) is 6.52. The molecule has 2 rings (SSSR count). The van der Waals surface area contributed by atoms with Crippen molar-refractivity contribution in [1.29, 1.82) is 0 Å². The van der Waals surface area contributed by atoms with Gasteiger partial charge in [0.05, 0.1) is 0 Å². The van der Waals surface area contributed by atoms with E-state index in [9.17, 15) is 4.79 Å². The summed E-state index contributed by atoms with van der Waals surface area (Å²) in [6, 6.07) is 8.92. The number of ether oxygens (including phenoxy) is 2. The van der Waals surface area contributed by atoms with Crippen LogP contribution in [0.2, 0.25) is 0 Å². The molecule has 0 radical (unpaired) electrons. The predicted octanol–water partition coefficient (Wildman–Crippen LogP) is 4.13. The topological polar surface area (TPSA) is 35.5 Å². The number of rotatable bonds is 7. The molecule has 0 saturated carbocycles. The average Bonchev–Trinajstić information content (AvgIpc) is 2.48. The van der Waals surface area contributed by atoms with Gasteiger partial charge in [0.2, 0.25) is 0 Å². The van der Waals surface area contributed by atoms with Crippen LogP contribution in [0, 0.1) is 5.92 Å². The Balaban J connectivity index is 1.72. The summed E-state index contributed by atoms with van der Waals surface area (Å²) in [5.41, 5.74) is 2.78. The Morgan fingerprint density at radius 1 is 1.00 bits per heavy atom. The van der Waals surface area contributed by atoms with Gasteiger partial charge >= 0.3 is 6.16 Å². The van der Waals surface area contributed by atoms with Gasteiger partial charge in [-0.05, 0) is 36.8 Å². The molecule has 1 aromatic rings. The summed E-state index contributed by atoms with van der Waals surface area (Å²) in [4.78, 5) is 10.8. The Labute approximate surface area is 121 Å².